The zero-order valence-corrected chi connectivity index (χ0v) is 8.52. The second-order valence-corrected chi connectivity index (χ2v) is 4.48. The minimum Gasteiger partial charge on any atom is -0.207 e. The predicted molar refractivity (Wildman–Crippen MR) is 51.7 cm³/mol. The molecule has 0 fully saturated rings. The Bertz CT molecular complexity index is 471. The molecule has 1 rings (SSSR count). The van der Waals surface area contributed by atoms with Gasteiger partial charge >= 0.3 is 0 Å². The molecular formula is C9H9F2NO2S. The maximum absolute atomic E-state index is 12.7. The molecule has 3 nitrogen and oxygen atoms in total. The van der Waals surface area contributed by atoms with Crippen molar-refractivity contribution in [3.63, 3.8) is 0 Å². The third-order valence-corrected chi connectivity index (χ3v) is 3.04. The van der Waals surface area contributed by atoms with E-state index in [1.165, 1.54) is 6.08 Å². The lowest BCUT2D eigenvalue weighted by Gasteiger charge is -2.04. The van der Waals surface area contributed by atoms with Gasteiger partial charge in [0.05, 0.1) is 4.90 Å². The van der Waals surface area contributed by atoms with E-state index in [9.17, 15) is 17.2 Å². The molecule has 82 valence electrons. The van der Waals surface area contributed by atoms with Gasteiger partial charge in [-0.05, 0) is 18.2 Å². The van der Waals surface area contributed by atoms with Gasteiger partial charge in [0, 0.05) is 6.54 Å². The van der Waals surface area contributed by atoms with Crippen LogP contribution in [0.25, 0.3) is 0 Å². The van der Waals surface area contributed by atoms with Crippen molar-refractivity contribution in [2.24, 2.45) is 0 Å². The molecule has 0 aliphatic heterocycles. The van der Waals surface area contributed by atoms with E-state index in [4.69, 9.17) is 0 Å². The summed E-state index contributed by atoms with van der Waals surface area (Å²) in [5.41, 5.74) is 0. The molecule has 1 aromatic rings. The quantitative estimate of drug-likeness (QED) is 0.800. The van der Waals surface area contributed by atoms with Crippen LogP contribution in [-0.2, 0) is 10.0 Å². The van der Waals surface area contributed by atoms with Gasteiger partial charge in [0.25, 0.3) is 0 Å². The highest BCUT2D eigenvalue weighted by atomic mass is 32.2. The Labute approximate surface area is 86.5 Å². The molecule has 0 spiro atoms. The molecule has 6 heteroatoms. The van der Waals surface area contributed by atoms with E-state index in [0.717, 1.165) is 12.1 Å². The summed E-state index contributed by atoms with van der Waals surface area (Å²) in [5.74, 6) is -2.28. The maximum Gasteiger partial charge on any atom is 0.240 e. The van der Waals surface area contributed by atoms with Crippen LogP contribution in [0.4, 0.5) is 8.78 Å². The normalized spacial score (nSPS) is 11.3. The Morgan fingerprint density at radius 1 is 1.33 bits per heavy atom. The zero-order valence-electron chi connectivity index (χ0n) is 7.70. The second kappa shape index (κ2) is 4.50. The largest absolute Gasteiger partial charge is 0.240 e. The molecule has 1 aromatic carbocycles. The molecule has 0 aliphatic carbocycles. The highest BCUT2D eigenvalue weighted by molar-refractivity contribution is 7.89. The minimum absolute atomic E-state index is 0.0291. The minimum atomic E-state index is -3.79. The van der Waals surface area contributed by atoms with Crippen LogP contribution in [0.2, 0.25) is 0 Å². The third-order valence-electron chi connectivity index (χ3n) is 1.62. The molecular weight excluding hydrogens is 224 g/mol. The summed E-state index contributed by atoms with van der Waals surface area (Å²) >= 11 is 0. The number of benzene rings is 1. The summed E-state index contributed by atoms with van der Waals surface area (Å²) in [7, 11) is -3.79. The summed E-state index contributed by atoms with van der Waals surface area (Å²) in [4.78, 5) is -0.316. The van der Waals surface area contributed by atoms with Gasteiger partial charge in [-0.1, -0.05) is 6.08 Å². The molecule has 0 bridgehead atoms. The Balaban J connectivity index is 3.05. The van der Waals surface area contributed by atoms with Crippen LogP contribution in [0.3, 0.4) is 0 Å². The molecule has 0 amide bonds. The van der Waals surface area contributed by atoms with E-state index in [1.54, 1.807) is 0 Å². The molecule has 1 N–H and O–H groups in total. The number of halogens is 2. The van der Waals surface area contributed by atoms with Crippen molar-refractivity contribution >= 4 is 10.0 Å². The molecule has 0 atom stereocenters. The van der Waals surface area contributed by atoms with Crippen molar-refractivity contribution in [3.05, 3.63) is 42.5 Å². The van der Waals surface area contributed by atoms with Crippen LogP contribution in [0.15, 0.2) is 35.7 Å². The molecule has 0 heterocycles. The highest BCUT2D eigenvalue weighted by Crippen LogP contribution is 2.13. The molecule has 0 radical (unpaired) electrons. The fraction of sp³-hybridized carbons (Fsp3) is 0.111. The SMILES string of the molecule is C=CCNS(=O)(=O)c1ccc(F)c(F)c1. The van der Waals surface area contributed by atoms with Gasteiger partial charge in [-0.3, -0.25) is 0 Å². The predicted octanol–water partition coefficient (Wildman–Crippen LogP) is 1.43. The Hall–Kier alpha value is -1.27. The van der Waals surface area contributed by atoms with Crippen molar-refractivity contribution in [1.29, 1.82) is 0 Å². The van der Waals surface area contributed by atoms with Crippen LogP contribution in [0.5, 0.6) is 0 Å². The number of hydrogen-bond acceptors (Lipinski definition) is 2. The first kappa shape index (κ1) is 11.8. The third kappa shape index (κ3) is 2.84. The average molecular weight is 233 g/mol. The molecule has 15 heavy (non-hydrogen) atoms. The van der Waals surface area contributed by atoms with Gasteiger partial charge in [-0.15, -0.1) is 6.58 Å². The van der Waals surface area contributed by atoms with Crippen molar-refractivity contribution in [3.8, 4) is 0 Å². The highest BCUT2D eigenvalue weighted by Gasteiger charge is 2.14. The smallest absolute Gasteiger partial charge is 0.207 e. The van der Waals surface area contributed by atoms with Crippen LogP contribution in [0, 0.1) is 11.6 Å². The van der Waals surface area contributed by atoms with Crippen LogP contribution < -0.4 is 4.72 Å². The second-order valence-electron chi connectivity index (χ2n) is 2.72. The monoisotopic (exact) mass is 233 g/mol. The first-order valence-corrected chi connectivity index (χ1v) is 5.51. The lowest BCUT2D eigenvalue weighted by molar-refractivity contribution is 0.504. The molecule has 0 aromatic heterocycles. The lowest BCUT2D eigenvalue weighted by Crippen LogP contribution is -2.23. The summed E-state index contributed by atoms with van der Waals surface area (Å²) in [6.07, 6.45) is 1.34. The summed E-state index contributed by atoms with van der Waals surface area (Å²) in [6.45, 7) is 3.36. The molecule has 0 unspecified atom stereocenters. The lowest BCUT2D eigenvalue weighted by atomic mass is 10.3. The average Bonchev–Trinajstić information content (AvgIpc) is 2.19. The van der Waals surface area contributed by atoms with Gasteiger partial charge in [0.1, 0.15) is 0 Å². The Morgan fingerprint density at radius 3 is 2.53 bits per heavy atom. The van der Waals surface area contributed by atoms with Gasteiger partial charge in [-0.25, -0.2) is 21.9 Å². The van der Waals surface area contributed by atoms with Crippen LogP contribution in [0.1, 0.15) is 0 Å². The van der Waals surface area contributed by atoms with Crippen LogP contribution >= 0.6 is 0 Å². The molecule has 0 aliphatic rings. The summed E-state index contributed by atoms with van der Waals surface area (Å²) in [5, 5.41) is 0. The fourth-order valence-electron chi connectivity index (χ4n) is 0.896. The van der Waals surface area contributed by atoms with Crippen LogP contribution in [-0.4, -0.2) is 15.0 Å². The number of nitrogens with one attached hydrogen (secondary N) is 1. The zero-order chi connectivity index (χ0) is 11.5. The molecule has 0 saturated carbocycles. The molecule has 0 saturated heterocycles. The van der Waals surface area contributed by atoms with Crippen molar-refractivity contribution < 1.29 is 17.2 Å². The Morgan fingerprint density at radius 2 is 2.00 bits per heavy atom. The van der Waals surface area contributed by atoms with Crippen molar-refractivity contribution in [2.45, 2.75) is 4.90 Å². The van der Waals surface area contributed by atoms with Gasteiger partial charge in [-0.2, -0.15) is 0 Å². The van der Waals surface area contributed by atoms with Gasteiger partial charge in [0.15, 0.2) is 11.6 Å². The van der Waals surface area contributed by atoms with E-state index >= 15 is 0 Å². The number of sulfonamides is 1. The standard InChI is InChI=1S/C9H9F2NO2S/c1-2-5-12-15(13,14)7-3-4-8(10)9(11)6-7/h2-4,6,12H,1,5H2. The van der Waals surface area contributed by atoms with E-state index < -0.39 is 21.7 Å². The maximum atomic E-state index is 12.7. The van der Waals surface area contributed by atoms with Gasteiger partial charge < -0.3 is 0 Å². The van der Waals surface area contributed by atoms with Gasteiger partial charge in [0.2, 0.25) is 10.0 Å². The first-order valence-electron chi connectivity index (χ1n) is 4.03. The topological polar surface area (TPSA) is 46.2 Å². The van der Waals surface area contributed by atoms with E-state index in [2.05, 4.69) is 11.3 Å². The van der Waals surface area contributed by atoms with E-state index in [0.29, 0.717) is 6.07 Å². The number of rotatable bonds is 4. The van der Waals surface area contributed by atoms with E-state index in [-0.39, 0.29) is 11.4 Å². The van der Waals surface area contributed by atoms with E-state index in [1.807, 2.05) is 0 Å². The van der Waals surface area contributed by atoms with Crippen molar-refractivity contribution in [2.75, 3.05) is 6.54 Å². The number of hydrogen-bond donors (Lipinski definition) is 1. The van der Waals surface area contributed by atoms with Crippen molar-refractivity contribution in [1.82, 2.24) is 4.72 Å². The first-order chi connectivity index (χ1) is 6.97. The summed E-state index contributed by atoms with van der Waals surface area (Å²) in [6, 6.07) is 2.38. The summed E-state index contributed by atoms with van der Waals surface area (Å²) < 4.78 is 50.2. The Kier molecular flexibility index (Phi) is 3.54. The fourth-order valence-corrected chi connectivity index (χ4v) is 1.91.